The number of carbonyl (C=O) groups is 1. The van der Waals surface area contributed by atoms with E-state index in [1.54, 1.807) is 12.3 Å². The molecule has 1 N–H and O–H groups in total. The molecule has 1 saturated heterocycles. The van der Waals surface area contributed by atoms with Gasteiger partial charge in [-0.1, -0.05) is 99.3 Å². The number of hydrogen-bond acceptors (Lipinski definition) is 7. The Kier molecular flexibility index (Phi) is 20.9. The molecule has 0 saturated carbocycles. The lowest BCUT2D eigenvalue weighted by atomic mass is 9.90. The van der Waals surface area contributed by atoms with Gasteiger partial charge in [0.1, 0.15) is 18.7 Å². The zero-order valence-electron chi connectivity index (χ0n) is 33.0. The van der Waals surface area contributed by atoms with Crippen molar-refractivity contribution in [2.45, 2.75) is 177 Å². The summed E-state index contributed by atoms with van der Waals surface area (Å²) in [7, 11) is -1.43. The number of aromatic nitrogens is 2. The van der Waals surface area contributed by atoms with E-state index < -0.39 is 20.4 Å². The Morgan fingerprint density at radius 3 is 2.10 bits per heavy atom. The van der Waals surface area contributed by atoms with Crippen LogP contribution < -0.4 is 11.0 Å². The number of hydrogen-bond donors (Lipinski definition) is 1. The first-order valence-electron chi connectivity index (χ1n) is 19.5. The molecule has 0 aromatic carbocycles. The van der Waals surface area contributed by atoms with Crippen LogP contribution in [0.3, 0.4) is 0 Å². The third-order valence-electron chi connectivity index (χ3n) is 9.67. The summed E-state index contributed by atoms with van der Waals surface area (Å²) in [6.45, 7) is 29.7. The van der Waals surface area contributed by atoms with E-state index in [2.05, 4.69) is 82.1 Å². The topological polar surface area (TPSA) is 99.3 Å². The van der Waals surface area contributed by atoms with Gasteiger partial charge in [0.15, 0.2) is 0 Å². The molecule has 5 unspecified atom stereocenters. The van der Waals surface area contributed by atoms with Gasteiger partial charge in [0, 0.05) is 31.1 Å². The highest BCUT2D eigenvalue weighted by molar-refractivity contribution is 7.44. The van der Waals surface area contributed by atoms with Crippen molar-refractivity contribution in [3.8, 4) is 0 Å². The number of nitrogens with zero attached hydrogens (tertiary/aromatic N) is 4. The normalized spacial score (nSPS) is 20.4. The molecule has 1 aliphatic heterocycles. The van der Waals surface area contributed by atoms with E-state index in [9.17, 15) is 9.59 Å². The molecule has 2 heterocycles. The van der Waals surface area contributed by atoms with Crippen LogP contribution in [-0.2, 0) is 18.6 Å². The van der Waals surface area contributed by atoms with Crippen LogP contribution in [0.15, 0.2) is 17.1 Å². The van der Waals surface area contributed by atoms with Crippen molar-refractivity contribution in [3.63, 3.8) is 0 Å². The van der Waals surface area contributed by atoms with Crippen molar-refractivity contribution in [2.75, 3.05) is 18.5 Å². The zero-order valence-corrected chi connectivity index (χ0v) is 33.9. The Hall–Kier alpha value is -1.89. The zero-order chi connectivity index (χ0) is 37.2. The summed E-state index contributed by atoms with van der Waals surface area (Å²) >= 11 is 0. The molecule has 0 spiro atoms. The number of nitrogens with one attached hydrogen (secondary N) is 1. The second-order valence-corrected chi connectivity index (χ2v) is 17.1. The van der Waals surface area contributed by atoms with Gasteiger partial charge in [-0.2, -0.15) is 4.98 Å². The molecule has 1 aromatic rings. The molecule has 11 heteroatoms. The summed E-state index contributed by atoms with van der Waals surface area (Å²) in [5.74, 6) is 2.75. The van der Waals surface area contributed by atoms with Gasteiger partial charge in [0.05, 0.1) is 12.2 Å². The quantitative estimate of drug-likeness (QED) is 0.0610. The molecule has 10 nitrogen and oxygen atoms in total. The Balaban J connectivity index is 1.84. The summed E-state index contributed by atoms with van der Waals surface area (Å²) in [5, 5.41) is 2.83. The molecular weight excluding hydrogens is 649 g/mol. The van der Waals surface area contributed by atoms with Crippen LogP contribution in [0.25, 0.3) is 4.85 Å². The number of carbonyl (C=O) groups excluding carboxylic acids is 1. The smallest absolute Gasteiger partial charge is 0.351 e. The van der Waals surface area contributed by atoms with Crippen molar-refractivity contribution in [3.05, 3.63) is 34.2 Å². The third kappa shape index (κ3) is 16.2. The monoisotopic (exact) mass is 720 g/mol. The van der Waals surface area contributed by atoms with Gasteiger partial charge < -0.3 is 23.9 Å². The van der Waals surface area contributed by atoms with Gasteiger partial charge in [-0.3, -0.25) is 9.36 Å². The van der Waals surface area contributed by atoms with Gasteiger partial charge in [0.25, 0.3) is 8.53 Å². The number of anilines is 1. The van der Waals surface area contributed by atoms with Crippen molar-refractivity contribution in [1.82, 2.24) is 14.2 Å². The van der Waals surface area contributed by atoms with Gasteiger partial charge >= 0.3 is 5.69 Å². The van der Waals surface area contributed by atoms with E-state index in [4.69, 9.17) is 20.4 Å². The molecule has 1 aromatic heterocycles. The third-order valence-corrected chi connectivity index (χ3v) is 11.8. The molecule has 0 radical (unpaired) electrons. The van der Waals surface area contributed by atoms with Crippen LogP contribution >= 0.6 is 8.53 Å². The highest BCUT2D eigenvalue weighted by atomic mass is 31.2. The minimum Gasteiger partial charge on any atom is -0.352 e. The van der Waals surface area contributed by atoms with Crippen LogP contribution in [0.2, 0.25) is 0 Å². The maximum atomic E-state index is 13.1. The molecule has 0 aliphatic carbocycles. The van der Waals surface area contributed by atoms with Crippen LogP contribution in [0.1, 0.15) is 153 Å². The largest absolute Gasteiger partial charge is 0.352 e. The van der Waals surface area contributed by atoms with Gasteiger partial charge in [-0.25, -0.2) is 16.0 Å². The van der Waals surface area contributed by atoms with Gasteiger partial charge in [-0.15, -0.1) is 0 Å². The summed E-state index contributed by atoms with van der Waals surface area (Å²) in [6.07, 6.45) is 13.5. The first-order chi connectivity index (χ1) is 23.7. The highest BCUT2D eigenvalue weighted by Gasteiger charge is 2.40. The average molecular weight is 720 g/mol. The van der Waals surface area contributed by atoms with Crippen LogP contribution in [0.4, 0.5) is 5.82 Å². The van der Waals surface area contributed by atoms with Crippen molar-refractivity contribution in [2.24, 2.45) is 23.7 Å². The summed E-state index contributed by atoms with van der Waals surface area (Å²) < 4.78 is 22.7. The van der Waals surface area contributed by atoms with E-state index in [0.29, 0.717) is 31.8 Å². The summed E-state index contributed by atoms with van der Waals surface area (Å²) in [5.41, 5.74) is -0.475. The first-order valence-corrected chi connectivity index (χ1v) is 20.6. The number of rotatable bonds is 25. The maximum Gasteiger partial charge on any atom is 0.351 e. The predicted molar refractivity (Wildman–Crippen MR) is 206 cm³/mol. The fourth-order valence-corrected chi connectivity index (χ4v) is 8.61. The number of amides is 1. The Morgan fingerprint density at radius 2 is 1.58 bits per heavy atom. The minimum absolute atomic E-state index is 0.121. The minimum atomic E-state index is -1.43. The first kappa shape index (κ1) is 44.3. The van der Waals surface area contributed by atoms with Crippen molar-refractivity contribution < 1.29 is 18.6 Å². The maximum absolute atomic E-state index is 13.1. The SMILES string of the molecule is [C-]#[N+]CCOP(O[C@@H]1CC(n2ccc(NC(=O)CC(C)CCCC(C)CCCC(C)CCCC(C)C)nc2=O)O[C@@H]1CC)N(C(C)C)C(C)C. The molecule has 1 amide bonds. The predicted octanol–water partition coefficient (Wildman–Crippen LogP) is 10.0. The Labute approximate surface area is 305 Å². The van der Waals surface area contributed by atoms with E-state index in [1.165, 1.54) is 49.5 Å². The molecule has 2 rings (SSSR count). The molecule has 0 bridgehead atoms. The van der Waals surface area contributed by atoms with E-state index in [1.807, 2.05) is 6.92 Å². The molecule has 286 valence electrons. The van der Waals surface area contributed by atoms with Crippen LogP contribution in [0, 0.1) is 30.2 Å². The van der Waals surface area contributed by atoms with E-state index >= 15 is 0 Å². The molecule has 7 atom stereocenters. The van der Waals surface area contributed by atoms with Gasteiger partial charge in [0.2, 0.25) is 12.5 Å². The molecule has 1 aliphatic rings. The second kappa shape index (κ2) is 23.6. The molecule has 50 heavy (non-hydrogen) atoms. The average Bonchev–Trinajstić information content (AvgIpc) is 3.42. The lowest BCUT2D eigenvalue weighted by molar-refractivity contribution is -0.117. The van der Waals surface area contributed by atoms with Crippen LogP contribution in [-0.4, -0.2) is 57.6 Å². The summed E-state index contributed by atoms with van der Waals surface area (Å²) in [6, 6.07) is 2.03. The van der Waals surface area contributed by atoms with E-state index in [-0.39, 0.29) is 48.5 Å². The van der Waals surface area contributed by atoms with Crippen molar-refractivity contribution in [1.29, 1.82) is 0 Å². The summed E-state index contributed by atoms with van der Waals surface area (Å²) in [4.78, 5) is 33.6. The lowest BCUT2D eigenvalue weighted by Crippen LogP contribution is -2.35. The highest BCUT2D eigenvalue weighted by Crippen LogP contribution is 2.50. The lowest BCUT2D eigenvalue weighted by Gasteiger charge is -2.37. The van der Waals surface area contributed by atoms with E-state index in [0.717, 1.165) is 24.7 Å². The number of ether oxygens (including phenoxy) is 1. The van der Waals surface area contributed by atoms with Crippen molar-refractivity contribution >= 4 is 20.3 Å². The second-order valence-electron chi connectivity index (χ2n) is 15.7. The standard InChI is InChI=1S/C39H70N5O5P/c1-12-34-35(49-50(47-25-23-40-11)44(29(4)5)30(6)7)27-38(48-34)43-24-22-36(42-39(43)46)41-37(45)26-33(10)21-15-20-32(9)19-14-18-31(8)17-13-16-28(2)3/h22,24,28-35,38H,12-21,23,25-27H2,1-10H3,(H,41,42,45,46)/t31?,32?,33?,34-,35-,38?,50?/m1/s1. The van der Waals surface area contributed by atoms with Gasteiger partial charge in [-0.05, 0) is 63.9 Å². The fraction of sp³-hybridized carbons (Fsp3) is 0.846. The Bertz CT molecular complexity index is 1200. The molecular formula is C39H70N5O5P. The van der Waals surface area contributed by atoms with Crippen LogP contribution in [0.5, 0.6) is 0 Å². The Morgan fingerprint density at radius 1 is 1.00 bits per heavy atom. The molecule has 1 fully saturated rings. The fourth-order valence-electron chi connectivity index (χ4n) is 6.86.